The smallest absolute Gasteiger partial charge is 0.103 e. The van der Waals surface area contributed by atoms with Crippen LogP contribution in [0, 0.1) is 11.3 Å². The van der Waals surface area contributed by atoms with Gasteiger partial charge in [0.05, 0.1) is 11.3 Å². The molecule has 0 amide bonds. The molecule has 1 rings (SSSR count). The van der Waals surface area contributed by atoms with Crippen LogP contribution in [0.1, 0.15) is 18.2 Å². The third-order valence-electron chi connectivity index (χ3n) is 1.48. The van der Waals surface area contributed by atoms with Crippen LogP contribution in [-0.4, -0.2) is 4.98 Å². The van der Waals surface area contributed by atoms with E-state index in [0.717, 1.165) is 12.1 Å². The number of hydrogen-bond acceptors (Lipinski definition) is 2. The summed E-state index contributed by atoms with van der Waals surface area (Å²) >= 11 is 0. The molecule has 0 unspecified atom stereocenters. The molecule has 1 aromatic rings. The molecule has 3 N–H and O–H groups in total. The molecule has 1 aromatic heterocycles. The highest BCUT2D eigenvalue weighted by atomic mass is 14.8. The topological polar surface area (TPSA) is 65.6 Å². The monoisotopic (exact) mass is 135 g/mol. The van der Waals surface area contributed by atoms with Crippen LogP contribution in [0.5, 0.6) is 0 Å². The number of rotatable bonds is 1. The van der Waals surface area contributed by atoms with Crippen LogP contribution in [0.3, 0.4) is 0 Å². The first kappa shape index (κ1) is 6.69. The Morgan fingerprint density at radius 1 is 1.80 bits per heavy atom. The zero-order valence-electron chi connectivity index (χ0n) is 5.81. The molecule has 0 aliphatic heterocycles. The van der Waals surface area contributed by atoms with Crippen molar-refractivity contribution in [3.05, 3.63) is 17.5 Å². The minimum Gasteiger partial charge on any atom is -0.396 e. The van der Waals surface area contributed by atoms with Gasteiger partial charge in [0.2, 0.25) is 0 Å². The first-order valence-corrected chi connectivity index (χ1v) is 3.15. The zero-order valence-corrected chi connectivity index (χ0v) is 5.81. The Hall–Kier alpha value is -1.43. The molecule has 0 atom stereocenters. The molecule has 1 heterocycles. The third-order valence-corrected chi connectivity index (χ3v) is 1.48. The molecule has 52 valence electrons. The van der Waals surface area contributed by atoms with E-state index < -0.39 is 0 Å². The van der Waals surface area contributed by atoms with Crippen molar-refractivity contribution in [2.75, 3.05) is 5.73 Å². The number of hydrogen-bond donors (Lipinski definition) is 2. The molecular formula is C7H9N3. The van der Waals surface area contributed by atoms with Gasteiger partial charge in [-0.1, -0.05) is 6.92 Å². The molecule has 0 spiro atoms. The fraction of sp³-hybridized carbons (Fsp3) is 0.286. The predicted octanol–water partition coefficient (Wildman–Crippen LogP) is 1.03. The minimum absolute atomic E-state index is 0.539. The highest BCUT2D eigenvalue weighted by Crippen LogP contribution is 2.15. The normalized spacial score (nSPS) is 9.20. The molecule has 3 heteroatoms. The summed E-state index contributed by atoms with van der Waals surface area (Å²) in [6, 6.07) is 1.99. The Morgan fingerprint density at radius 3 is 2.80 bits per heavy atom. The molecule has 0 aliphatic carbocycles. The Kier molecular flexibility index (Phi) is 1.63. The first-order valence-electron chi connectivity index (χ1n) is 3.15. The van der Waals surface area contributed by atoms with Crippen molar-refractivity contribution < 1.29 is 0 Å². The van der Waals surface area contributed by atoms with E-state index in [1.165, 1.54) is 0 Å². The van der Waals surface area contributed by atoms with Crippen LogP contribution >= 0.6 is 0 Å². The fourth-order valence-corrected chi connectivity index (χ4v) is 0.862. The Labute approximate surface area is 59.5 Å². The number of aryl methyl sites for hydroxylation is 1. The summed E-state index contributed by atoms with van der Waals surface area (Å²) < 4.78 is 0. The molecule has 0 bridgehead atoms. The summed E-state index contributed by atoms with van der Waals surface area (Å²) in [5, 5.41) is 8.48. The van der Waals surface area contributed by atoms with Gasteiger partial charge in [0, 0.05) is 11.9 Å². The number of nitrogens with one attached hydrogen (secondary N) is 1. The maximum absolute atomic E-state index is 8.48. The van der Waals surface area contributed by atoms with Crippen molar-refractivity contribution in [3.8, 4) is 6.07 Å². The van der Waals surface area contributed by atoms with Gasteiger partial charge in [-0.15, -0.1) is 0 Å². The average molecular weight is 135 g/mol. The van der Waals surface area contributed by atoms with E-state index in [1.807, 2.05) is 13.0 Å². The van der Waals surface area contributed by atoms with Gasteiger partial charge in [-0.3, -0.25) is 0 Å². The van der Waals surface area contributed by atoms with Crippen LogP contribution < -0.4 is 5.73 Å². The largest absolute Gasteiger partial charge is 0.396 e. The minimum atomic E-state index is 0.539. The van der Waals surface area contributed by atoms with E-state index in [-0.39, 0.29) is 0 Å². The SMILES string of the molecule is CCc1[nH]cc(C#N)c1N. The maximum atomic E-state index is 8.48. The Balaban J connectivity index is 3.12. The zero-order chi connectivity index (χ0) is 7.56. The van der Waals surface area contributed by atoms with E-state index in [4.69, 9.17) is 11.0 Å². The standard InChI is InChI=1S/C7H9N3/c1-2-6-7(9)5(3-8)4-10-6/h4,10H,2,9H2,1H3. The van der Waals surface area contributed by atoms with Gasteiger partial charge < -0.3 is 10.7 Å². The molecule has 3 nitrogen and oxygen atoms in total. The number of anilines is 1. The third kappa shape index (κ3) is 0.841. The molecule has 0 saturated carbocycles. The van der Waals surface area contributed by atoms with Crippen molar-refractivity contribution >= 4 is 5.69 Å². The summed E-state index contributed by atoms with van der Waals surface area (Å²) in [5.41, 5.74) is 7.64. The van der Waals surface area contributed by atoms with Crippen LogP contribution in [0.2, 0.25) is 0 Å². The lowest BCUT2D eigenvalue weighted by Gasteiger charge is -1.91. The second kappa shape index (κ2) is 2.44. The number of aromatic amines is 1. The molecule has 0 radical (unpaired) electrons. The average Bonchev–Trinajstić information content (AvgIpc) is 2.30. The van der Waals surface area contributed by atoms with Gasteiger partial charge in [0.25, 0.3) is 0 Å². The lowest BCUT2D eigenvalue weighted by molar-refractivity contribution is 1.07. The highest BCUT2D eigenvalue weighted by Gasteiger charge is 2.03. The van der Waals surface area contributed by atoms with E-state index in [9.17, 15) is 0 Å². The van der Waals surface area contributed by atoms with E-state index in [2.05, 4.69) is 4.98 Å². The number of nitrogens with two attached hydrogens (primary N) is 1. The Morgan fingerprint density at radius 2 is 2.50 bits per heavy atom. The Bertz CT molecular complexity index is 267. The van der Waals surface area contributed by atoms with Gasteiger partial charge in [-0.25, -0.2) is 0 Å². The fourth-order valence-electron chi connectivity index (χ4n) is 0.862. The van der Waals surface area contributed by atoms with E-state index in [0.29, 0.717) is 11.3 Å². The van der Waals surface area contributed by atoms with Crippen LogP contribution in [0.4, 0.5) is 5.69 Å². The summed E-state index contributed by atoms with van der Waals surface area (Å²) in [4.78, 5) is 2.93. The summed E-state index contributed by atoms with van der Waals surface area (Å²) in [5.74, 6) is 0. The molecule has 0 fully saturated rings. The second-order valence-corrected chi connectivity index (χ2v) is 2.06. The van der Waals surface area contributed by atoms with Gasteiger partial charge in [-0.2, -0.15) is 5.26 Å². The molecule has 0 saturated heterocycles. The van der Waals surface area contributed by atoms with Crippen molar-refractivity contribution in [1.82, 2.24) is 4.98 Å². The highest BCUT2D eigenvalue weighted by molar-refractivity contribution is 5.57. The maximum Gasteiger partial charge on any atom is 0.103 e. The lowest BCUT2D eigenvalue weighted by atomic mass is 10.2. The first-order chi connectivity index (χ1) is 4.79. The van der Waals surface area contributed by atoms with Gasteiger partial charge in [0.1, 0.15) is 6.07 Å². The van der Waals surface area contributed by atoms with Crippen LogP contribution in [0.25, 0.3) is 0 Å². The number of nitrogen functional groups attached to an aromatic ring is 1. The van der Waals surface area contributed by atoms with Gasteiger partial charge in [-0.05, 0) is 6.42 Å². The van der Waals surface area contributed by atoms with E-state index >= 15 is 0 Å². The molecule has 0 aromatic carbocycles. The summed E-state index contributed by atoms with van der Waals surface area (Å²) in [6.45, 7) is 1.99. The number of aromatic nitrogens is 1. The van der Waals surface area contributed by atoms with Crippen molar-refractivity contribution in [1.29, 1.82) is 5.26 Å². The lowest BCUT2D eigenvalue weighted by Crippen LogP contribution is -1.90. The van der Waals surface area contributed by atoms with Crippen LogP contribution in [-0.2, 0) is 6.42 Å². The number of nitrogens with zero attached hydrogens (tertiary/aromatic N) is 1. The van der Waals surface area contributed by atoms with Crippen molar-refractivity contribution in [2.24, 2.45) is 0 Å². The van der Waals surface area contributed by atoms with Crippen LogP contribution in [0.15, 0.2) is 6.20 Å². The molecule has 0 aliphatic rings. The summed E-state index contributed by atoms with van der Waals surface area (Å²) in [6.07, 6.45) is 2.47. The number of H-pyrrole nitrogens is 1. The predicted molar refractivity (Wildman–Crippen MR) is 39.3 cm³/mol. The summed E-state index contributed by atoms with van der Waals surface area (Å²) in [7, 11) is 0. The van der Waals surface area contributed by atoms with E-state index in [1.54, 1.807) is 6.20 Å². The van der Waals surface area contributed by atoms with Crippen molar-refractivity contribution in [2.45, 2.75) is 13.3 Å². The van der Waals surface area contributed by atoms with Crippen molar-refractivity contribution in [3.63, 3.8) is 0 Å². The molecular weight excluding hydrogens is 126 g/mol. The number of nitriles is 1. The van der Waals surface area contributed by atoms with Gasteiger partial charge in [0.15, 0.2) is 0 Å². The van der Waals surface area contributed by atoms with Gasteiger partial charge >= 0.3 is 0 Å². The second-order valence-electron chi connectivity index (χ2n) is 2.06. The molecule has 10 heavy (non-hydrogen) atoms. The quantitative estimate of drug-likeness (QED) is 0.604.